The molecular weight excluding hydrogens is 249 g/mol. The summed E-state index contributed by atoms with van der Waals surface area (Å²) in [4.78, 5) is 1.50. The minimum Gasteiger partial charge on any atom is -0.329 e. The number of hydrogen-bond acceptors (Lipinski definition) is 3. The van der Waals surface area contributed by atoms with E-state index in [-0.39, 0.29) is 12.6 Å². The molecule has 1 aromatic rings. The summed E-state index contributed by atoms with van der Waals surface area (Å²) in [5.41, 5.74) is 6.23. The molecule has 17 heavy (non-hydrogen) atoms. The van der Waals surface area contributed by atoms with E-state index in [1.165, 1.54) is 16.2 Å². The zero-order valence-electron chi connectivity index (χ0n) is 9.28. The second-order valence-corrected chi connectivity index (χ2v) is 5.11. The Balaban J connectivity index is 2.10. The van der Waals surface area contributed by atoms with E-state index < -0.39 is 12.2 Å². The van der Waals surface area contributed by atoms with Crippen LogP contribution in [0.25, 0.3) is 0 Å². The molecule has 1 atom stereocenters. The third-order valence-corrected chi connectivity index (χ3v) is 3.69. The molecule has 1 heterocycles. The highest BCUT2D eigenvalue weighted by molar-refractivity contribution is 7.07. The van der Waals surface area contributed by atoms with Crippen LogP contribution < -0.4 is 5.73 Å². The van der Waals surface area contributed by atoms with Crippen molar-refractivity contribution < 1.29 is 13.2 Å². The molecule has 0 saturated heterocycles. The maximum Gasteiger partial charge on any atom is 0.405 e. The summed E-state index contributed by atoms with van der Waals surface area (Å²) in [6.45, 7) is -0.0281. The molecule has 1 aliphatic rings. The Bertz CT molecular complexity index is 346. The van der Waals surface area contributed by atoms with Gasteiger partial charge in [0.25, 0.3) is 0 Å². The van der Waals surface area contributed by atoms with Crippen LogP contribution in [-0.4, -0.2) is 29.7 Å². The smallest absolute Gasteiger partial charge is 0.329 e. The maximum absolute atomic E-state index is 12.9. The Morgan fingerprint density at radius 2 is 2.18 bits per heavy atom. The predicted octanol–water partition coefficient (Wildman–Crippen LogP) is 2.60. The fraction of sp³-hybridized carbons (Fsp3) is 0.636. The third-order valence-electron chi connectivity index (χ3n) is 2.96. The molecule has 2 N–H and O–H groups in total. The van der Waals surface area contributed by atoms with E-state index in [2.05, 4.69) is 0 Å². The minimum absolute atomic E-state index is 0.0464. The van der Waals surface area contributed by atoms with Crippen molar-refractivity contribution in [2.75, 3.05) is 6.54 Å². The summed E-state index contributed by atoms with van der Waals surface area (Å²) in [6, 6.07) is 0.393. The molecule has 6 heteroatoms. The average Bonchev–Trinajstić information content (AvgIpc) is 2.95. The highest BCUT2D eigenvalue weighted by Gasteiger charge is 2.47. The van der Waals surface area contributed by atoms with Gasteiger partial charge in [-0.25, -0.2) is 0 Å². The van der Waals surface area contributed by atoms with Crippen LogP contribution in [0.3, 0.4) is 0 Å². The number of alkyl halides is 3. The summed E-state index contributed by atoms with van der Waals surface area (Å²) in [5.74, 6) is 0. The van der Waals surface area contributed by atoms with Crippen molar-refractivity contribution in [1.29, 1.82) is 0 Å². The average molecular weight is 264 g/mol. The van der Waals surface area contributed by atoms with E-state index in [0.29, 0.717) is 6.54 Å². The number of nitrogens with two attached hydrogens (primary N) is 1. The van der Waals surface area contributed by atoms with Gasteiger partial charge in [0.15, 0.2) is 0 Å². The lowest BCUT2D eigenvalue weighted by Crippen LogP contribution is -2.50. The molecule has 0 aliphatic heterocycles. The van der Waals surface area contributed by atoms with Gasteiger partial charge in [0.05, 0.1) is 0 Å². The van der Waals surface area contributed by atoms with Gasteiger partial charge < -0.3 is 5.73 Å². The van der Waals surface area contributed by atoms with Gasteiger partial charge in [0.1, 0.15) is 6.04 Å². The van der Waals surface area contributed by atoms with Crippen molar-refractivity contribution in [3.63, 3.8) is 0 Å². The summed E-state index contributed by atoms with van der Waals surface area (Å²) >= 11 is 1.50. The van der Waals surface area contributed by atoms with E-state index in [9.17, 15) is 13.2 Å². The van der Waals surface area contributed by atoms with Gasteiger partial charge >= 0.3 is 6.18 Å². The second kappa shape index (κ2) is 4.96. The highest BCUT2D eigenvalue weighted by Crippen LogP contribution is 2.35. The number of hydrogen-bond donors (Lipinski definition) is 1. The molecular formula is C11H15F3N2S. The second-order valence-electron chi connectivity index (χ2n) is 4.33. The number of rotatable bonds is 5. The van der Waals surface area contributed by atoms with Gasteiger partial charge in [-0.2, -0.15) is 24.5 Å². The van der Waals surface area contributed by atoms with Crippen LogP contribution >= 0.6 is 11.3 Å². The number of thiophene rings is 1. The first-order valence-electron chi connectivity index (χ1n) is 5.56. The molecule has 2 nitrogen and oxygen atoms in total. The minimum atomic E-state index is -4.24. The normalized spacial score (nSPS) is 18.6. The molecule has 1 unspecified atom stereocenters. The van der Waals surface area contributed by atoms with Gasteiger partial charge in [-0.05, 0) is 35.2 Å². The van der Waals surface area contributed by atoms with Crippen LogP contribution in [0.4, 0.5) is 13.2 Å². The Labute approximate surface area is 102 Å². The van der Waals surface area contributed by atoms with Crippen LogP contribution in [0.1, 0.15) is 18.4 Å². The molecule has 2 rings (SSSR count). The maximum atomic E-state index is 12.9. The molecule has 0 amide bonds. The monoisotopic (exact) mass is 264 g/mol. The van der Waals surface area contributed by atoms with Crippen LogP contribution in [0.5, 0.6) is 0 Å². The molecule has 0 bridgehead atoms. The van der Waals surface area contributed by atoms with Crippen LogP contribution in [0.15, 0.2) is 16.8 Å². The summed E-state index contributed by atoms with van der Waals surface area (Å²) in [7, 11) is 0. The van der Waals surface area contributed by atoms with Crippen molar-refractivity contribution >= 4 is 11.3 Å². The highest BCUT2D eigenvalue weighted by atomic mass is 32.1. The third kappa shape index (κ3) is 3.20. The van der Waals surface area contributed by atoms with Crippen molar-refractivity contribution in [2.24, 2.45) is 5.73 Å². The summed E-state index contributed by atoms with van der Waals surface area (Å²) in [6.07, 6.45) is -2.55. The molecule has 1 aliphatic carbocycles. The van der Waals surface area contributed by atoms with Gasteiger partial charge in [0, 0.05) is 19.1 Å². The Morgan fingerprint density at radius 3 is 2.59 bits per heavy atom. The zero-order valence-corrected chi connectivity index (χ0v) is 10.1. The Kier molecular flexibility index (Phi) is 3.75. The summed E-state index contributed by atoms with van der Waals surface area (Å²) < 4.78 is 38.6. The fourth-order valence-electron chi connectivity index (χ4n) is 1.95. The van der Waals surface area contributed by atoms with Gasteiger partial charge in [0.2, 0.25) is 0 Å². The molecule has 0 aromatic carbocycles. The first-order valence-corrected chi connectivity index (χ1v) is 6.50. The lowest BCUT2D eigenvalue weighted by atomic mass is 10.2. The molecule has 1 fully saturated rings. The van der Waals surface area contributed by atoms with E-state index in [4.69, 9.17) is 5.73 Å². The first-order chi connectivity index (χ1) is 8.02. The number of nitrogens with zero attached hydrogens (tertiary/aromatic N) is 1. The summed E-state index contributed by atoms with van der Waals surface area (Å²) in [5, 5.41) is 3.77. The van der Waals surface area contributed by atoms with Crippen molar-refractivity contribution in [1.82, 2.24) is 4.90 Å². The van der Waals surface area contributed by atoms with E-state index in [0.717, 1.165) is 18.4 Å². The van der Waals surface area contributed by atoms with E-state index in [1.807, 2.05) is 16.8 Å². The van der Waals surface area contributed by atoms with Gasteiger partial charge in [-0.15, -0.1) is 0 Å². The van der Waals surface area contributed by atoms with Crippen LogP contribution in [0.2, 0.25) is 0 Å². The molecule has 0 radical (unpaired) electrons. The Hall–Kier alpha value is -0.590. The van der Waals surface area contributed by atoms with Gasteiger partial charge in [-0.3, -0.25) is 4.90 Å². The molecule has 1 aromatic heterocycles. The van der Waals surface area contributed by atoms with Crippen LogP contribution in [-0.2, 0) is 6.54 Å². The van der Waals surface area contributed by atoms with E-state index >= 15 is 0 Å². The lowest BCUT2D eigenvalue weighted by Gasteiger charge is -2.32. The fourth-order valence-corrected chi connectivity index (χ4v) is 2.61. The quantitative estimate of drug-likeness (QED) is 0.885. The standard InChI is InChI=1S/C11H15F3N2S/c12-11(13,14)10(5-15)16(9-1-2-9)6-8-3-4-17-7-8/h3-4,7,9-10H,1-2,5-6,15H2. The number of halogens is 3. The first kappa shape index (κ1) is 12.9. The topological polar surface area (TPSA) is 29.3 Å². The molecule has 96 valence electrons. The van der Waals surface area contributed by atoms with Crippen molar-refractivity contribution in [2.45, 2.75) is 37.6 Å². The van der Waals surface area contributed by atoms with Crippen molar-refractivity contribution in [3.05, 3.63) is 22.4 Å². The largest absolute Gasteiger partial charge is 0.405 e. The Morgan fingerprint density at radius 1 is 1.47 bits per heavy atom. The SMILES string of the molecule is NCC(N(Cc1ccsc1)C1CC1)C(F)(F)F. The predicted molar refractivity (Wildman–Crippen MR) is 61.8 cm³/mol. The molecule has 1 saturated carbocycles. The van der Waals surface area contributed by atoms with Crippen LogP contribution in [0, 0.1) is 0 Å². The van der Waals surface area contributed by atoms with Crippen molar-refractivity contribution in [3.8, 4) is 0 Å². The molecule has 0 spiro atoms. The van der Waals surface area contributed by atoms with Gasteiger partial charge in [-0.1, -0.05) is 0 Å². The zero-order chi connectivity index (χ0) is 12.5. The van der Waals surface area contributed by atoms with E-state index in [1.54, 1.807) is 0 Å². The lowest BCUT2D eigenvalue weighted by molar-refractivity contribution is -0.184.